The Labute approximate surface area is 161 Å². The highest BCUT2D eigenvalue weighted by molar-refractivity contribution is 6.30. The second kappa shape index (κ2) is 6.82. The van der Waals surface area contributed by atoms with Gasteiger partial charge in [-0.15, -0.1) is 0 Å². The Balaban J connectivity index is 1.63. The lowest BCUT2D eigenvalue weighted by Crippen LogP contribution is -2.37. The molecule has 0 aliphatic carbocycles. The molecule has 0 bridgehead atoms. The molecule has 2 aromatic rings. The van der Waals surface area contributed by atoms with Crippen LogP contribution in [0.4, 0.5) is 5.82 Å². The van der Waals surface area contributed by atoms with Crippen LogP contribution in [0, 0.1) is 0 Å². The molecule has 0 amide bonds. The molecule has 0 spiro atoms. The number of aromatic nitrogens is 2. The summed E-state index contributed by atoms with van der Waals surface area (Å²) in [5.74, 6) is 1.45. The van der Waals surface area contributed by atoms with Crippen LogP contribution in [-0.2, 0) is 12.1 Å². The third-order valence-corrected chi connectivity index (χ3v) is 6.26. The number of likely N-dealkylation sites (N-methyl/N-ethyl adjacent to an activating group) is 1. The van der Waals surface area contributed by atoms with Crippen molar-refractivity contribution in [3.8, 4) is 0 Å². The van der Waals surface area contributed by atoms with E-state index < -0.39 is 0 Å². The molecule has 1 fully saturated rings. The fraction of sp³-hybridized carbons (Fsp3) is 0.524. The minimum absolute atomic E-state index is 0.143. The molecule has 1 saturated heterocycles. The summed E-state index contributed by atoms with van der Waals surface area (Å²) in [6.45, 7) is 11.0. The van der Waals surface area contributed by atoms with Crippen LogP contribution in [0.1, 0.15) is 56.4 Å². The van der Waals surface area contributed by atoms with Gasteiger partial charge in [0.05, 0.1) is 17.4 Å². The lowest BCUT2D eigenvalue weighted by molar-refractivity contribution is 0.216. The molecular weight excluding hydrogens is 344 g/mol. The summed E-state index contributed by atoms with van der Waals surface area (Å²) in [7, 11) is 0. The molecule has 3 heterocycles. The predicted octanol–water partition coefficient (Wildman–Crippen LogP) is 4.58. The van der Waals surface area contributed by atoms with Crippen LogP contribution in [0.3, 0.4) is 0 Å². The van der Waals surface area contributed by atoms with Crippen LogP contribution in [0.25, 0.3) is 0 Å². The van der Waals surface area contributed by atoms with E-state index in [4.69, 9.17) is 16.6 Å². The topological polar surface area (TPSA) is 32.3 Å². The zero-order chi connectivity index (χ0) is 18.3. The van der Waals surface area contributed by atoms with Crippen LogP contribution < -0.4 is 4.90 Å². The van der Waals surface area contributed by atoms with Crippen molar-refractivity contribution in [3.63, 3.8) is 0 Å². The van der Waals surface area contributed by atoms with Crippen molar-refractivity contribution in [3.05, 3.63) is 52.4 Å². The number of hydrogen-bond acceptors (Lipinski definition) is 4. The Hall–Kier alpha value is -1.65. The largest absolute Gasteiger partial charge is 0.342 e. The van der Waals surface area contributed by atoms with Gasteiger partial charge in [-0.2, -0.15) is 0 Å². The summed E-state index contributed by atoms with van der Waals surface area (Å²) in [5.41, 5.74) is 3.59. The molecule has 0 radical (unpaired) electrons. The van der Waals surface area contributed by atoms with Crippen molar-refractivity contribution < 1.29 is 0 Å². The number of benzene rings is 1. The molecule has 26 heavy (non-hydrogen) atoms. The molecule has 2 aliphatic heterocycles. The lowest BCUT2D eigenvalue weighted by Gasteiger charge is -2.35. The first kappa shape index (κ1) is 17.7. The number of rotatable bonds is 3. The Morgan fingerprint density at radius 1 is 1.27 bits per heavy atom. The predicted molar refractivity (Wildman–Crippen MR) is 107 cm³/mol. The standard InChI is InChI=1S/C21H27ClN4/c1-4-25-9-5-6-16(13-25)19-11-23-12-20(24-19)26-14-15-7-8-17(22)10-18(15)21(26,2)3/h7-8,10-12,16H,4-6,9,13-14H2,1-3H3. The highest BCUT2D eigenvalue weighted by Crippen LogP contribution is 2.42. The van der Waals surface area contributed by atoms with Crippen LogP contribution in [-0.4, -0.2) is 34.5 Å². The Morgan fingerprint density at radius 2 is 2.12 bits per heavy atom. The van der Waals surface area contributed by atoms with Crippen LogP contribution in [0.2, 0.25) is 5.02 Å². The Morgan fingerprint density at radius 3 is 2.92 bits per heavy atom. The van der Waals surface area contributed by atoms with E-state index in [0.29, 0.717) is 5.92 Å². The summed E-state index contributed by atoms with van der Waals surface area (Å²) in [5, 5.41) is 0.792. The van der Waals surface area contributed by atoms with Gasteiger partial charge in [0.1, 0.15) is 5.82 Å². The normalized spacial score (nSPS) is 22.5. The molecule has 4 rings (SSSR count). The maximum absolute atomic E-state index is 6.25. The second-order valence-electron chi connectivity index (χ2n) is 7.98. The first-order valence-corrected chi connectivity index (χ1v) is 9.97. The quantitative estimate of drug-likeness (QED) is 0.791. The maximum Gasteiger partial charge on any atom is 0.148 e. The number of piperidine rings is 1. The van der Waals surface area contributed by atoms with Crippen molar-refractivity contribution in [1.29, 1.82) is 0 Å². The molecule has 138 valence electrons. The first-order valence-electron chi connectivity index (χ1n) is 9.60. The summed E-state index contributed by atoms with van der Waals surface area (Å²) < 4.78 is 0. The molecule has 1 aromatic heterocycles. The summed E-state index contributed by atoms with van der Waals surface area (Å²) in [6, 6.07) is 6.20. The fourth-order valence-corrected chi connectivity index (χ4v) is 4.59. The van der Waals surface area contributed by atoms with Gasteiger partial charge >= 0.3 is 0 Å². The van der Waals surface area contributed by atoms with E-state index >= 15 is 0 Å². The van der Waals surface area contributed by atoms with E-state index in [0.717, 1.165) is 36.2 Å². The number of likely N-dealkylation sites (tertiary alicyclic amines) is 1. The Bertz CT molecular complexity index is 804. The molecule has 1 unspecified atom stereocenters. The van der Waals surface area contributed by atoms with Gasteiger partial charge in [-0.1, -0.05) is 24.6 Å². The lowest BCUT2D eigenvalue weighted by atomic mass is 9.93. The van der Waals surface area contributed by atoms with E-state index in [-0.39, 0.29) is 5.54 Å². The van der Waals surface area contributed by atoms with Crippen LogP contribution >= 0.6 is 11.6 Å². The van der Waals surface area contributed by atoms with Gasteiger partial charge in [0, 0.05) is 30.2 Å². The molecule has 1 aromatic carbocycles. The van der Waals surface area contributed by atoms with Crippen molar-refractivity contribution in [2.75, 3.05) is 24.5 Å². The van der Waals surface area contributed by atoms with Gasteiger partial charge in [-0.05, 0) is 63.0 Å². The fourth-order valence-electron chi connectivity index (χ4n) is 4.42. The molecule has 1 atom stereocenters. The summed E-state index contributed by atoms with van der Waals surface area (Å²) >= 11 is 6.25. The highest BCUT2D eigenvalue weighted by Gasteiger charge is 2.38. The highest BCUT2D eigenvalue weighted by atomic mass is 35.5. The van der Waals surface area contributed by atoms with Crippen molar-refractivity contribution in [1.82, 2.24) is 14.9 Å². The SMILES string of the molecule is CCN1CCCC(c2cncc(N3Cc4ccc(Cl)cc4C3(C)C)n2)C1. The number of nitrogens with zero attached hydrogens (tertiary/aromatic N) is 4. The van der Waals surface area contributed by atoms with Crippen molar-refractivity contribution in [2.24, 2.45) is 0 Å². The average molecular weight is 371 g/mol. The van der Waals surface area contributed by atoms with Gasteiger partial charge in [0.2, 0.25) is 0 Å². The van der Waals surface area contributed by atoms with Gasteiger partial charge in [0.25, 0.3) is 0 Å². The van der Waals surface area contributed by atoms with Crippen molar-refractivity contribution >= 4 is 17.4 Å². The van der Waals surface area contributed by atoms with E-state index in [2.05, 4.69) is 47.7 Å². The minimum atomic E-state index is -0.143. The molecule has 0 saturated carbocycles. The van der Waals surface area contributed by atoms with Gasteiger partial charge < -0.3 is 9.80 Å². The molecule has 5 heteroatoms. The summed E-state index contributed by atoms with van der Waals surface area (Å²) in [4.78, 5) is 14.5. The number of halogens is 1. The maximum atomic E-state index is 6.25. The molecule has 2 aliphatic rings. The average Bonchev–Trinajstić information content (AvgIpc) is 2.92. The van der Waals surface area contributed by atoms with Crippen molar-refractivity contribution in [2.45, 2.75) is 51.6 Å². The van der Waals surface area contributed by atoms with E-state index in [1.165, 1.54) is 30.5 Å². The first-order chi connectivity index (χ1) is 12.5. The monoisotopic (exact) mass is 370 g/mol. The second-order valence-corrected chi connectivity index (χ2v) is 8.42. The van der Waals surface area contributed by atoms with Gasteiger partial charge in [0.15, 0.2) is 0 Å². The van der Waals surface area contributed by atoms with E-state index in [9.17, 15) is 0 Å². The molecule has 4 nitrogen and oxygen atoms in total. The zero-order valence-electron chi connectivity index (χ0n) is 15.9. The van der Waals surface area contributed by atoms with Crippen LogP contribution in [0.5, 0.6) is 0 Å². The summed E-state index contributed by atoms with van der Waals surface area (Å²) in [6.07, 6.45) is 6.30. The molecular formula is C21H27ClN4. The van der Waals surface area contributed by atoms with Gasteiger partial charge in [-0.25, -0.2) is 4.98 Å². The molecule has 0 N–H and O–H groups in total. The Kier molecular flexibility index (Phi) is 4.66. The number of fused-ring (bicyclic) bond motifs is 1. The van der Waals surface area contributed by atoms with Gasteiger partial charge in [-0.3, -0.25) is 4.98 Å². The third-order valence-electron chi connectivity index (χ3n) is 6.02. The zero-order valence-corrected chi connectivity index (χ0v) is 16.6. The smallest absolute Gasteiger partial charge is 0.148 e. The number of hydrogen-bond donors (Lipinski definition) is 0. The minimum Gasteiger partial charge on any atom is -0.342 e. The van der Waals surface area contributed by atoms with E-state index in [1.54, 1.807) is 0 Å². The van der Waals surface area contributed by atoms with Crippen LogP contribution in [0.15, 0.2) is 30.6 Å². The third kappa shape index (κ3) is 3.10. The van der Waals surface area contributed by atoms with E-state index in [1.807, 2.05) is 18.5 Å². The number of anilines is 1.